The van der Waals surface area contributed by atoms with Crippen LogP contribution in [-0.4, -0.2) is 15.6 Å². The number of aliphatic carboxylic acids is 1. The average molecular weight is 381 g/mol. The zero-order valence-corrected chi connectivity index (χ0v) is 14.8. The fourth-order valence-corrected chi connectivity index (χ4v) is 2.84. The highest BCUT2D eigenvalue weighted by Gasteiger charge is 2.31. The van der Waals surface area contributed by atoms with Crippen molar-refractivity contribution in [2.75, 3.05) is 0 Å². The molecule has 1 aliphatic carbocycles. The predicted molar refractivity (Wildman–Crippen MR) is 95.7 cm³/mol. The lowest BCUT2D eigenvalue weighted by Crippen LogP contribution is -2.21. The standard InChI is InChI=1S/C15H12F3NO3.C5H10/c16-15(17,18)12-5-6-13(20)19(9-12)8-11-3-1-10(2-4-11)7-14(21)22;1-2-4-5-3-1/h1-6,9H,7-8H2,(H,21,22);1-5H2. The van der Waals surface area contributed by atoms with Crippen LogP contribution in [0.3, 0.4) is 0 Å². The van der Waals surface area contributed by atoms with Gasteiger partial charge in [-0.1, -0.05) is 56.4 Å². The summed E-state index contributed by atoms with van der Waals surface area (Å²) in [7, 11) is 0. The quantitative estimate of drug-likeness (QED) is 0.849. The summed E-state index contributed by atoms with van der Waals surface area (Å²) in [5.74, 6) is -0.971. The summed E-state index contributed by atoms with van der Waals surface area (Å²) in [5.41, 5.74) is -0.250. The molecule has 1 saturated carbocycles. The van der Waals surface area contributed by atoms with E-state index < -0.39 is 23.3 Å². The van der Waals surface area contributed by atoms with Crippen LogP contribution >= 0.6 is 0 Å². The van der Waals surface area contributed by atoms with E-state index in [0.29, 0.717) is 11.1 Å². The van der Waals surface area contributed by atoms with Crippen molar-refractivity contribution in [1.82, 2.24) is 4.57 Å². The molecule has 3 rings (SSSR count). The molecule has 0 unspecified atom stereocenters. The van der Waals surface area contributed by atoms with Gasteiger partial charge in [-0.05, 0) is 17.2 Å². The number of carboxylic acids is 1. The number of hydrogen-bond donors (Lipinski definition) is 1. The van der Waals surface area contributed by atoms with E-state index in [1.807, 2.05) is 0 Å². The monoisotopic (exact) mass is 381 g/mol. The Labute approximate surface area is 155 Å². The summed E-state index contributed by atoms with van der Waals surface area (Å²) in [6.07, 6.45) is 3.62. The molecule has 1 aromatic heterocycles. The Bertz CT molecular complexity index is 799. The minimum absolute atomic E-state index is 0.0178. The van der Waals surface area contributed by atoms with Gasteiger partial charge in [0.15, 0.2) is 0 Å². The summed E-state index contributed by atoms with van der Waals surface area (Å²) < 4.78 is 38.9. The number of aromatic nitrogens is 1. The molecule has 1 N–H and O–H groups in total. The number of halogens is 3. The van der Waals surface area contributed by atoms with E-state index in [-0.39, 0.29) is 13.0 Å². The van der Waals surface area contributed by atoms with Crippen molar-refractivity contribution in [3.05, 3.63) is 69.6 Å². The number of hydrogen-bond acceptors (Lipinski definition) is 2. The average Bonchev–Trinajstić information content (AvgIpc) is 3.17. The Balaban J connectivity index is 0.000000451. The van der Waals surface area contributed by atoms with Crippen LogP contribution in [0.25, 0.3) is 0 Å². The van der Waals surface area contributed by atoms with E-state index in [2.05, 4.69) is 0 Å². The van der Waals surface area contributed by atoms with Gasteiger partial charge < -0.3 is 9.67 Å². The summed E-state index contributed by atoms with van der Waals surface area (Å²) in [4.78, 5) is 22.2. The first-order chi connectivity index (χ1) is 12.8. The second-order valence-corrected chi connectivity index (χ2v) is 6.54. The second-order valence-electron chi connectivity index (χ2n) is 6.54. The van der Waals surface area contributed by atoms with Crippen molar-refractivity contribution in [2.45, 2.75) is 51.2 Å². The summed E-state index contributed by atoms with van der Waals surface area (Å²) >= 11 is 0. The van der Waals surface area contributed by atoms with E-state index in [9.17, 15) is 22.8 Å². The lowest BCUT2D eigenvalue weighted by molar-refractivity contribution is -0.138. The van der Waals surface area contributed by atoms with E-state index in [1.165, 1.54) is 32.1 Å². The minimum atomic E-state index is -4.51. The molecule has 0 bridgehead atoms. The van der Waals surface area contributed by atoms with Gasteiger partial charge in [-0.2, -0.15) is 13.2 Å². The summed E-state index contributed by atoms with van der Waals surface area (Å²) in [5, 5.41) is 8.66. The topological polar surface area (TPSA) is 59.3 Å². The number of carbonyl (C=O) groups is 1. The molecule has 0 aliphatic heterocycles. The summed E-state index contributed by atoms with van der Waals surface area (Å²) in [6.45, 7) is -0.0178. The van der Waals surface area contributed by atoms with Crippen LogP contribution in [0.4, 0.5) is 13.2 Å². The first kappa shape index (κ1) is 20.7. The van der Waals surface area contributed by atoms with Gasteiger partial charge in [0, 0.05) is 12.3 Å². The van der Waals surface area contributed by atoms with Gasteiger partial charge in [0.1, 0.15) is 0 Å². The molecule has 0 amide bonds. The van der Waals surface area contributed by atoms with E-state index >= 15 is 0 Å². The molecule has 4 nitrogen and oxygen atoms in total. The van der Waals surface area contributed by atoms with Gasteiger partial charge in [-0.25, -0.2) is 0 Å². The van der Waals surface area contributed by atoms with Gasteiger partial charge in [0.25, 0.3) is 5.56 Å². The number of benzene rings is 1. The fourth-order valence-electron chi connectivity index (χ4n) is 2.84. The van der Waals surface area contributed by atoms with Gasteiger partial charge in [-0.3, -0.25) is 9.59 Å². The molecule has 7 heteroatoms. The maximum atomic E-state index is 12.6. The zero-order valence-electron chi connectivity index (χ0n) is 14.8. The molecule has 1 aromatic carbocycles. The largest absolute Gasteiger partial charge is 0.481 e. The number of pyridine rings is 1. The molecule has 27 heavy (non-hydrogen) atoms. The molecule has 1 heterocycles. The number of nitrogens with zero attached hydrogens (tertiary/aromatic N) is 1. The molecule has 1 fully saturated rings. The molecule has 2 aromatic rings. The van der Waals surface area contributed by atoms with Gasteiger partial charge >= 0.3 is 12.1 Å². The Hall–Kier alpha value is -2.57. The summed E-state index contributed by atoms with van der Waals surface area (Å²) in [6, 6.07) is 7.94. The van der Waals surface area contributed by atoms with Crippen LogP contribution in [0, 0.1) is 0 Å². The molecule has 0 saturated heterocycles. The van der Waals surface area contributed by atoms with Crippen LogP contribution in [0.5, 0.6) is 0 Å². The normalized spacial score (nSPS) is 13.7. The molecule has 146 valence electrons. The van der Waals surface area contributed by atoms with Crippen LogP contribution in [0.2, 0.25) is 0 Å². The Morgan fingerprint density at radius 3 is 1.93 bits per heavy atom. The minimum Gasteiger partial charge on any atom is -0.481 e. The van der Waals surface area contributed by atoms with Gasteiger partial charge in [0.2, 0.25) is 0 Å². The van der Waals surface area contributed by atoms with Crippen molar-refractivity contribution in [2.24, 2.45) is 0 Å². The third-order valence-electron chi connectivity index (χ3n) is 4.29. The highest BCUT2D eigenvalue weighted by Crippen LogP contribution is 2.28. The SMILES string of the molecule is C1CCCC1.O=C(O)Cc1ccc(Cn2cc(C(F)(F)F)ccc2=O)cc1. The predicted octanol–water partition coefficient (Wildman–Crippen LogP) is 4.49. The smallest absolute Gasteiger partial charge is 0.417 e. The highest BCUT2D eigenvalue weighted by atomic mass is 19.4. The van der Waals surface area contributed by atoms with Crippen molar-refractivity contribution < 1.29 is 23.1 Å². The molecular weight excluding hydrogens is 359 g/mol. The number of rotatable bonds is 4. The van der Waals surface area contributed by atoms with Crippen molar-refractivity contribution >= 4 is 5.97 Å². The van der Waals surface area contributed by atoms with E-state index in [1.54, 1.807) is 24.3 Å². The van der Waals surface area contributed by atoms with Crippen molar-refractivity contribution in [3.63, 3.8) is 0 Å². The van der Waals surface area contributed by atoms with Crippen LogP contribution in [-0.2, 0) is 23.9 Å². The fraction of sp³-hybridized carbons (Fsp3) is 0.400. The Morgan fingerprint density at radius 2 is 1.44 bits per heavy atom. The molecule has 0 radical (unpaired) electrons. The third-order valence-corrected chi connectivity index (χ3v) is 4.29. The number of carboxylic acid groups (broad SMARTS) is 1. The van der Waals surface area contributed by atoms with Crippen LogP contribution in [0.15, 0.2) is 47.4 Å². The second kappa shape index (κ2) is 9.39. The van der Waals surface area contributed by atoms with Crippen LogP contribution in [0.1, 0.15) is 48.8 Å². The maximum absolute atomic E-state index is 12.6. The van der Waals surface area contributed by atoms with Gasteiger partial charge in [-0.15, -0.1) is 0 Å². The highest BCUT2D eigenvalue weighted by molar-refractivity contribution is 5.70. The van der Waals surface area contributed by atoms with Crippen LogP contribution < -0.4 is 5.56 Å². The molecule has 1 aliphatic rings. The van der Waals surface area contributed by atoms with E-state index in [4.69, 9.17) is 5.11 Å². The van der Waals surface area contributed by atoms with Crippen molar-refractivity contribution in [3.8, 4) is 0 Å². The van der Waals surface area contributed by atoms with E-state index in [0.717, 1.165) is 22.9 Å². The van der Waals surface area contributed by atoms with Gasteiger partial charge in [0.05, 0.1) is 18.5 Å². The molecule has 0 spiro atoms. The zero-order chi connectivity index (χ0) is 19.9. The Kier molecular flexibility index (Phi) is 7.21. The Morgan fingerprint density at radius 1 is 0.926 bits per heavy atom. The third kappa shape index (κ3) is 6.92. The molecular formula is C20H22F3NO3. The first-order valence-electron chi connectivity index (χ1n) is 8.83. The van der Waals surface area contributed by atoms with Crippen molar-refractivity contribution in [1.29, 1.82) is 0 Å². The maximum Gasteiger partial charge on any atom is 0.417 e. The first-order valence-corrected chi connectivity index (χ1v) is 8.83. The lowest BCUT2D eigenvalue weighted by Gasteiger charge is -2.11. The number of alkyl halides is 3. The molecule has 0 atom stereocenters. The lowest BCUT2D eigenvalue weighted by atomic mass is 10.1.